The number of benzene rings is 1. The van der Waals surface area contributed by atoms with Crippen molar-refractivity contribution in [3.8, 4) is 11.5 Å². The molecule has 0 radical (unpaired) electrons. The van der Waals surface area contributed by atoms with Crippen molar-refractivity contribution in [3.05, 3.63) is 52.7 Å². The van der Waals surface area contributed by atoms with Crippen molar-refractivity contribution in [2.75, 3.05) is 38.0 Å². The number of piperidine rings is 1. The number of nitro benzene ring substituents is 1. The largest absolute Gasteiger partial charge is 0.457 e. The van der Waals surface area contributed by atoms with Gasteiger partial charge in [-0.2, -0.15) is 0 Å². The zero-order valence-electron chi connectivity index (χ0n) is 16.7. The maximum Gasteiger partial charge on any atom is 0.323 e. The topological polar surface area (TPSA) is 101 Å². The van der Waals surface area contributed by atoms with Crippen LogP contribution in [0.15, 0.2) is 42.6 Å². The third-order valence-corrected chi connectivity index (χ3v) is 5.62. The molecular weight excluding hydrogens is 386 g/mol. The van der Waals surface area contributed by atoms with Crippen LogP contribution < -0.4 is 10.1 Å². The Hall–Kier alpha value is -3.20. The van der Waals surface area contributed by atoms with Gasteiger partial charge in [0.25, 0.3) is 5.69 Å². The summed E-state index contributed by atoms with van der Waals surface area (Å²) >= 11 is 0. The number of carbonyl (C=O) groups excluding carboxylic acids is 1. The number of amides is 2. The smallest absolute Gasteiger partial charge is 0.323 e. The van der Waals surface area contributed by atoms with Crippen LogP contribution in [0.2, 0.25) is 0 Å². The molecule has 1 aromatic heterocycles. The SMILES string of the molecule is O=C(Nc1cc(Oc2ccc([N+](=O)[O-])cc2)ccn1)N1CCC(CN2CCC2)CC1. The molecule has 158 valence electrons. The molecule has 2 fully saturated rings. The summed E-state index contributed by atoms with van der Waals surface area (Å²) in [5.41, 5.74) is -0.00123. The van der Waals surface area contributed by atoms with Gasteiger partial charge < -0.3 is 14.5 Å². The summed E-state index contributed by atoms with van der Waals surface area (Å²) < 4.78 is 5.72. The maximum atomic E-state index is 12.6. The van der Waals surface area contributed by atoms with E-state index in [9.17, 15) is 14.9 Å². The number of nitrogens with zero attached hydrogens (tertiary/aromatic N) is 4. The number of non-ortho nitro benzene ring substituents is 1. The van der Waals surface area contributed by atoms with Crippen molar-refractivity contribution >= 4 is 17.5 Å². The number of hydrogen-bond acceptors (Lipinski definition) is 6. The van der Waals surface area contributed by atoms with E-state index in [1.54, 1.807) is 18.3 Å². The van der Waals surface area contributed by atoms with Crippen LogP contribution in [0, 0.1) is 16.0 Å². The standard InChI is InChI=1S/C21H25N5O4/c27-21(25-12-7-16(8-13-25)15-24-10-1-11-24)23-20-14-19(6-9-22-20)30-18-4-2-17(3-5-18)26(28)29/h2-6,9,14,16H,1,7-8,10-13,15H2,(H,22,23,27). The molecule has 0 bridgehead atoms. The highest BCUT2D eigenvalue weighted by Gasteiger charge is 2.26. The number of urea groups is 1. The van der Waals surface area contributed by atoms with Crippen LogP contribution in [0.4, 0.5) is 16.3 Å². The van der Waals surface area contributed by atoms with Gasteiger partial charge in [-0.1, -0.05) is 0 Å². The second-order valence-electron chi connectivity index (χ2n) is 7.74. The molecule has 0 aliphatic carbocycles. The molecule has 2 aliphatic rings. The van der Waals surface area contributed by atoms with Gasteiger partial charge in [-0.05, 0) is 56.5 Å². The number of aromatic nitrogens is 1. The third kappa shape index (κ3) is 5.04. The first kappa shape index (κ1) is 20.1. The lowest BCUT2D eigenvalue weighted by Crippen LogP contribution is -2.46. The fourth-order valence-electron chi connectivity index (χ4n) is 3.75. The number of carbonyl (C=O) groups is 1. The Bertz CT molecular complexity index is 893. The van der Waals surface area contributed by atoms with E-state index in [2.05, 4.69) is 15.2 Å². The van der Waals surface area contributed by atoms with E-state index >= 15 is 0 Å². The van der Waals surface area contributed by atoms with Gasteiger partial charge in [-0.15, -0.1) is 0 Å². The zero-order chi connectivity index (χ0) is 20.9. The van der Waals surface area contributed by atoms with Crippen molar-refractivity contribution in [1.82, 2.24) is 14.8 Å². The van der Waals surface area contributed by atoms with Crippen molar-refractivity contribution in [2.24, 2.45) is 5.92 Å². The zero-order valence-corrected chi connectivity index (χ0v) is 16.7. The molecule has 9 heteroatoms. The van der Waals surface area contributed by atoms with Crippen molar-refractivity contribution < 1.29 is 14.5 Å². The van der Waals surface area contributed by atoms with Crippen LogP contribution in [0.3, 0.4) is 0 Å². The van der Waals surface area contributed by atoms with Gasteiger partial charge in [0.2, 0.25) is 0 Å². The first-order valence-corrected chi connectivity index (χ1v) is 10.2. The Kier molecular flexibility index (Phi) is 6.08. The van der Waals surface area contributed by atoms with Gasteiger partial charge in [0.05, 0.1) is 4.92 Å². The highest BCUT2D eigenvalue weighted by Crippen LogP contribution is 2.26. The summed E-state index contributed by atoms with van der Waals surface area (Å²) in [4.78, 5) is 31.4. The Morgan fingerprint density at radius 2 is 1.87 bits per heavy atom. The van der Waals surface area contributed by atoms with Crippen LogP contribution in [0.5, 0.6) is 11.5 Å². The minimum atomic E-state index is -0.461. The number of anilines is 1. The molecule has 0 spiro atoms. The van der Waals surface area contributed by atoms with Crippen molar-refractivity contribution in [3.63, 3.8) is 0 Å². The summed E-state index contributed by atoms with van der Waals surface area (Å²) in [6, 6.07) is 8.96. The summed E-state index contributed by atoms with van der Waals surface area (Å²) in [5.74, 6) is 2.03. The molecule has 1 aromatic carbocycles. The minimum Gasteiger partial charge on any atom is -0.457 e. The molecule has 0 unspecified atom stereocenters. The van der Waals surface area contributed by atoms with E-state index in [1.165, 1.54) is 43.8 Å². The summed E-state index contributed by atoms with van der Waals surface area (Å²) in [6.07, 6.45) is 4.91. The predicted molar refractivity (Wildman–Crippen MR) is 112 cm³/mol. The molecule has 4 rings (SSSR count). The van der Waals surface area contributed by atoms with Gasteiger partial charge in [-0.25, -0.2) is 9.78 Å². The molecule has 9 nitrogen and oxygen atoms in total. The van der Waals surface area contributed by atoms with E-state index in [1.807, 2.05) is 4.90 Å². The van der Waals surface area contributed by atoms with Gasteiger partial charge in [0.15, 0.2) is 0 Å². The summed E-state index contributed by atoms with van der Waals surface area (Å²) in [7, 11) is 0. The van der Waals surface area contributed by atoms with Crippen LogP contribution in [0.25, 0.3) is 0 Å². The van der Waals surface area contributed by atoms with E-state index in [0.717, 1.165) is 32.5 Å². The first-order valence-electron chi connectivity index (χ1n) is 10.2. The Morgan fingerprint density at radius 1 is 1.13 bits per heavy atom. The number of pyridine rings is 1. The molecule has 2 aromatic rings. The van der Waals surface area contributed by atoms with Gasteiger partial charge in [0, 0.05) is 44.0 Å². The predicted octanol–water partition coefficient (Wildman–Crippen LogP) is 3.73. The lowest BCUT2D eigenvalue weighted by molar-refractivity contribution is -0.384. The maximum absolute atomic E-state index is 12.6. The highest BCUT2D eigenvalue weighted by atomic mass is 16.6. The van der Waals surface area contributed by atoms with Crippen LogP contribution >= 0.6 is 0 Å². The summed E-state index contributed by atoms with van der Waals surface area (Å²) in [6.45, 7) is 5.08. The monoisotopic (exact) mass is 411 g/mol. The van der Waals surface area contributed by atoms with E-state index < -0.39 is 4.92 Å². The quantitative estimate of drug-likeness (QED) is 0.574. The Labute approximate surface area is 174 Å². The molecule has 2 saturated heterocycles. The third-order valence-electron chi connectivity index (χ3n) is 5.62. The van der Waals surface area contributed by atoms with E-state index in [-0.39, 0.29) is 11.7 Å². The van der Waals surface area contributed by atoms with Gasteiger partial charge in [-0.3, -0.25) is 15.4 Å². The number of nitro groups is 1. The lowest BCUT2D eigenvalue weighted by Gasteiger charge is -2.38. The van der Waals surface area contributed by atoms with E-state index in [0.29, 0.717) is 23.2 Å². The molecule has 2 aliphatic heterocycles. The normalized spacial score (nSPS) is 17.3. The average molecular weight is 411 g/mol. The summed E-state index contributed by atoms with van der Waals surface area (Å²) in [5, 5.41) is 13.6. The van der Waals surface area contributed by atoms with Crippen LogP contribution in [-0.4, -0.2) is 58.5 Å². The number of hydrogen-bond donors (Lipinski definition) is 1. The molecule has 3 heterocycles. The fraction of sp³-hybridized carbons (Fsp3) is 0.429. The van der Waals surface area contributed by atoms with Crippen molar-refractivity contribution in [2.45, 2.75) is 19.3 Å². The number of nitrogens with one attached hydrogen (secondary N) is 1. The second-order valence-corrected chi connectivity index (χ2v) is 7.74. The lowest BCUT2D eigenvalue weighted by atomic mass is 9.95. The number of ether oxygens (including phenoxy) is 1. The van der Waals surface area contributed by atoms with E-state index in [4.69, 9.17) is 4.74 Å². The van der Waals surface area contributed by atoms with Crippen molar-refractivity contribution in [1.29, 1.82) is 0 Å². The minimum absolute atomic E-state index is 0.00123. The van der Waals surface area contributed by atoms with Crippen LogP contribution in [0.1, 0.15) is 19.3 Å². The molecule has 1 N–H and O–H groups in total. The van der Waals surface area contributed by atoms with Crippen LogP contribution in [-0.2, 0) is 0 Å². The number of rotatable bonds is 6. The fourth-order valence-corrected chi connectivity index (χ4v) is 3.75. The molecular formula is C21H25N5O4. The molecule has 30 heavy (non-hydrogen) atoms. The Balaban J connectivity index is 1.29. The van der Waals surface area contributed by atoms with Gasteiger partial charge >= 0.3 is 6.03 Å². The molecule has 0 atom stereocenters. The Morgan fingerprint density at radius 3 is 2.50 bits per heavy atom. The molecule has 0 saturated carbocycles. The second kappa shape index (κ2) is 9.08. The highest BCUT2D eigenvalue weighted by molar-refractivity contribution is 5.88. The van der Waals surface area contributed by atoms with Gasteiger partial charge in [0.1, 0.15) is 17.3 Å². The average Bonchev–Trinajstić information content (AvgIpc) is 2.72. The molecule has 2 amide bonds. The first-order chi connectivity index (χ1) is 14.6. The number of likely N-dealkylation sites (tertiary alicyclic amines) is 2.